The van der Waals surface area contributed by atoms with E-state index in [1.54, 1.807) is 0 Å². The second-order valence-corrected chi connectivity index (χ2v) is 10.5. The molecule has 0 bridgehead atoms. The van der Waals surface area contributed by atoms with Gasteiger partial charge in [-0.3, -0.25) is 0 Å². The zero-order valence-electron chi connectivity index (χ0n) is 18.9. The maximum atomic E-state index is 4.15. The number of rotatable bonds is 4. The van der Waals surface area contributed by atoms with Gasteiger partial charge in [-0.1, -0.05) is 76.2 Å². The highest BCUT2D eigenvalue weighted by Gasteiger charge is 2.47. The van der Waals surface area contributed by atoms with Gasteiger partial charge in [0.25, 0.3) is 0 Å². The van der Waals surface area contributed by atoms with Gasteiger partial charge in [-0.05, 0) is 53.1 Å². The SMILES string of the molecule is Cc1cc2c(cc1C1(c3ccc(Cn4ccnc4)cc3)CC1)C(C)(C)C=CC2(C)C. The normalized spacial score (nSPS) is 20.0. The second-order valence-electron chi connectivity index (χ2n) is 10.5. The van der Waals surface area contributed by atoms with E-state index in [2.05, 4.69) is 92.7 Å². The molecular weight excluding hydrogens is 364 g/mol. The lowest BCUT2D eigenvalue weighted by atomic mass is 9.66. The zero-order chi connectivity index (χ0) is 21.1. The smallest absolute Gasteiger partial charge is 0.0949 e. The summed E-state index contributed by atoms with van der Waals surface area (Å²) in [5.74, 6) is 0. The molecule has 2 aliphatic carbocycles. The molecule has 1 heterocycles. The van der Waals surface area contributed by atoms with Crippen molar-refractivity contribution in [3.8, 4) is 0 Å². The quantitative estimate of drug-likeness (QED) is 0.464. The highest BCUT2D eigenvalue weighted by Crippen LogP contribution is 2.56. The molecule has 0 saturated heterocycles. The van der Waals surface area contributed by atoms with Gasteiger partial charge < -0.3 is 4.57 Å². The molecule has 30 heavy (non-hydrogen) atoms. The minimum Gasteiger partial charge on any atom is -0.333 e. The Kier molecular flexibility index (Phi) is 4.16. The lowest BCUT2D eigenvalue weighted by molar-refractivity contribution is 0.560. The van der Waals surface area contributed by atoms with Crippen LogP contribution in [0, 0.1) is 6.92 Å². The first-order valence-corrected chi connectivity index (χ1v) is 11.1. The lowest BCUT2D eigenvalue weighted by Gasteiger charge is -2.38. The molecule has 2 nitrogen and oxygen atoms in total. The Labute approximate surface area is 180 Å². The molecule has 0 unspecified atom stereocenters. The summed E-state index contributed by atoms with van der Waals surface area (Å²) in [4.78, 5) is 4.15. The van der Waals surface area contributed by atoms with Crippen molar-refractivity contribution in [1.29, 1.82) is 0 Å². The summed E-state index contributed by atoms with van der Waals surface area (Å²) in [5, 5.41) is 0. The number of allylic oxidation sites excluding steroid dienone is 2. The number of benzene rings is 2. The monoisotopic (exact) mass is 396 g/mol. The Morgan fingerprint density at radius 3 is 2.07 bits per heavy atom. The summed E-state index contributed by atoms with van der Waals surface area (Å²) in [6, 6.07) is 14.3. The number of hydrogen-bond acceptors (Lipinski definition) is 1. The predicted octanol–water partition coefficient (Wildman–Crippen LogP) is 6.44. The van der Waals surface area contributed by atoms with Crippen LogP contribution in [0.3, 0.4) is 0 Å². The molecule has 3 aromatic rings. The van der Waals surface area contributed by atoms with E-state index in [0.717, 1.165) is 6.54 Å². The Morgan fingerprint density at radius 1 is 0.867 bits per heavy atom. The summed E-state index contributed by atoms with van der Waals surface area (Å²) in [5.41, 5.74) is 9.11. The molecular formula is C28H32N2. The number of imidazole rings is 1. The highest BCUT2D eigenvalue weighted by atomic mass is 15.0. The Morgan fingerprint density at radius 2 is 1.50 bits per heavy atom. The summed E-state index contributed by atoms with van der Waals surface area (Å²) < 4.78 is 2.12. The van der Waals surface area contributed by atoms with Crippen LogP contribution in [-0.4, -0.2) is 9.55 Å². The largest absolute Gasteiger partial charge is 0.333 e. The van der Waals surface area contributed by atoms with E-state index < -0.39 is 0 Å². The lowest BCUT2D eigenvalue weighted by Crippen LogP contribution is -2.30. The molecule has 5 rings (SSSR count). The average molecular weight is 397 g/mol. The van der Waals surface area contributed by atoms with Gasteiger partial charge in [0.2, 0.25) is 0 Å². The molecule has 0 spiro atoms. The molecule has 0 N–H and O–H groups in total. The molecule has 1 aromatic heterocycles. The van der Waals surface area contributed by atoms with Gasteiger partial charge in [0.1, 0.15) is 0 Å². The second kappa shape index (κ2) is 6.44. The molecule has 2 heteroatoms. The van der Waals surface area contributed by atoms with Crippen molar-refractivity contribution in [1.82, 2.24) is 9.55 Å². The molecule has 1 fully saturated rings. The van der Waals surface area contributed by atoms with Crippen LogP contribution in [0.2, 0.25) is 0 Å². The van der Waals surface area contributed by atoms with Crippen LogP contribution in [-0.2, 0) is 22.8 Å². The van der Waals surface area contributed by atoms with Crippen molar-refractivity contribution >= 4 is 0 Å². The minimum atomic E-state index is 0.0814. The molecule has 0 amide bonds. The predicted molar refractivity (Wildman–Crippen MR) is 124 cm³/mol. The number of hydrogen-bond donors (Lipinski definition) is 0. The number of nitrogens with zero attached hydrogens (tertiary/aromatic N) is 2. The number of fused-ring (bicyclic) bond motifs is 1. The third-order valence-corrected chi connectivity index (χ3v) is 7.37. The van der Waals surface area contributed by atoms with Crippen LogP contribution in [0.5, 0.6) is 0 Å². The first kappa shape index (κ1) is 19.4. The highest BCUT2D eigenvalue weighted by molar-refractivity contribution is 5.57. The fourth-order valence-electron chi connectivity index (χ4n) is 5.24. The van der Waals surface area contributed by atoms with Gasteiger partial charge in [0.15, 0.2) is 0 Å². The number of aromatic nitrogens is 2. The minimum absolute atomic E-state index is 0.0814. The summed E-state index contributed by atoms with van der Waals surface area (Å²) in [7, 11) is 0. The van der Waals surface area contributed by atoms with Gasteiger partial charge in [0.05, 0.1) is 6.33 Å². The van der Waals surface area contributed by atoms with Crippen molar-refractivity contribution in [3.05, 3.63) is 101 Å². The third kappa shape index (κ3) is 3.05. The van der Waals surface area contributed by atoms with E-state index in [9.17, 15) is 0 Å². The molecule has 1 saturated carbocycles. The maximum absolute atomic E-state index is 4.15. The summed E-state index contributed by atoms with van der Waals surface area (Å²) in [6.07, 6.45) is 13.0. The van der Waals surface area contributed by atoms with Crippen molar-refractivity contribution in [2.24, 2.45) is 0 Å². The van der Waals surface area contributed by atoms with Crippen LogP contribution in [0.25, 0.3) is 0 Å². The molecule has 0 aliphatic heterocycles. The van der Waals surface area contributed by atoms with E-state index in [0.29, 0.717) is 0 Å². The van der Waals surface area contributed by atoms with Crippen molar-refractivity contribution in [2.45, 2.75) is 70.3 Å². The van der Waals surface area contributed by atoms with Gasteiger partial charge >= 0.3 is 0 Å². The standard InChI is InChI=1S/C28H32N2/c1-20-16-24-25(27(4,5)11-10-26(24,2)3)17-23(20)28(12-13-28)22-8-6-21(7-9-22)18-30-15-14-29-19-30/h6-11,14-17,19H,12-13,18H2,1-5H3. The van der Waals surface area contributed by atoms with Gasteiger partial charge in [-0.15, -0.1) is 0 Å². The van der Waals surface area contributed by atoms with Gasteiger partial charge in [-0.25, -0.2) is 4.98 Å². The van der Waals surface area contributed by atoms with Gasteiger partial charge in [0, 0.05) is 35.2 Å². The Bertz CT molecular complexity index is 1110. The first-order valence-electron chi connectivity index (χ1n) is 11.1. The van der Waals surface area contributed by atoms with Crippen molar-refractivity contribution < 1.29 is 0 Å². The fraction of sp³-hybridized carbons (Fsp3) is 0.393. The average Bonchev–Trinajstić information content (AvgIpc) is 3.35. The Balaban J connectivity index is 1.53. The van der Waals surface area contributed by atoms with Crippen LogP contribution in [0.15, 0.2) is 67.3 Å². The van der Waals surface area contributed by atoms with Crippen LogP contribution in [0.4, 0.5) is 0 Å². The third-order valence-electron chi connectivity index (χ3n) is 7.37. The summed E-state index contributed by atoms with van der Waals surface area (Å²) >= 11 is 0. The fourth-order valence-corrected chi connectivity index (χ4v) is 5.24. The van der Waals surface area contributed by atoms with Crippen LogP contribution in [0.1, 0.15) is 73.9 Å². The zero-order valence-corrected chi connectivity index (χ0v) is 18.9. The summed E-state index contributed by atoms with van der Waals surface area (Å²) in [6.45, 7) is 12.6. The van der Waals surface area contributed by atoms with Crippen LogP contribution < -0.4 is 0 Å². The first-order chi connectivity index (χ1) is 14.2. The number of aryl methyl sites for hydroxylation is 1. The van der Waals surface area contributed by atoms with E-state index in [1.165, 1.54) is 46.2 Å². The van der Waals surface area contributed by atoms with E-state index >= 15 is 0 Å². The van der Waals surface area contributed by atoms with Crippen molar-refractivity contribution in [3.63, 3.8) is 0 Å². The molecule has 2 aliphatic rings. The Hall–Kier alpha value is -2.61. The molecule has 2 aromatic carbocycles. The molecule has 154 valence electrons. The topological polar surface area (TPSA) is 17.8 Å². The van der Waals surface area contributed by atoms with Crippen LogP contribution >= 0.6 is 0 Å². The van der Waals surface area contributed by atoms with E-state index in [4.69, 9.17) is 0 Å². The maximum Gasteiger partial charge on any atom is 0.0949 e. The van der Waals surface area contributed by atoms with E-state index in [-0.39, 0.29) is 16.2 Å². The van der Waals surface area contributed by atoms with Gasteiger partial charge in [-0.2, -0.15) is 0 Å². The molecule has 0 radical (unpaired) electrons. The molecule has 0 atom stereocenters. The van der Waals surface area contributed by atoms with Crippen molar-refractivity contribution in [2.75, 3.05) is 0 Å². The van der Waals surface area contributed by atoms with E-state index in [1.807, 2.05) is 18.7 Å².